The number of hydrogen-bond acceptors (Lipinski definition) is 4. The fraction of sp³-hybridized carbons (Fsp3) is 0.400. The van der Waals surface area contributed by atoms with Crippen LogP contribution in [0.4, 0.5) is 13.2 Å². The standard InChI is InChI=1S/C15H18F3N3S/c16-15(17,18)14-20-10-13(22-14)11-21(9-7-19)8-6-12-4-2-1-3-5-12/h1-5,10H,6-9,11,19H2. The van der Waals surface area contributed by atoms with Crippen molar-refractivity contribution in [1.29, 1.82) is 0 Å². The van der Waals surface area contributed by atoms with Crippen LogP contribution in [0.5, 0.6) is 0 Å². The zero-order valence-corrected chi connectivity index (χ0v) is 12.8. The van der Waals surface area contributed by atoms with Crippen LogP contribution in [-0.4, -0.2) is 29.5 Å². The monoisotopic (exact) mass is 329 g/mol. The van der Waals surface area contributed by atoms with Crippen LogP contribution in [-0.2, 0) is 19.1 Å². The minimum Gasteiger partial charge on any atom is -0.329 e. The number of alkyl halides is 3. The molecule has 1 aromatic carbocycles. The molecule has 0 unspecified atom stereocenters. The van der Waals surface area contributed by atoms with Crippen molar-refractivity contribution in [2.24, 2.45) is 5.73 Å². The normalized spacial score (nSPS) is 12.0. The summed E-state index contributed by atoms with van der Waals surface area (Å²) in [7, 11) is 0. The summed E-state index contributed by atoms with van der Waals surface area (Å²) in [5.41, 5.74) is 6.79. The van der Waals surface area contributed by atoms with Crippen molar-refractivity contribution in [2.75, 3.05) is 19.6 Å². The Morgan fingerprint density at radius 1 is 1.14 bits per heavy atom. The van der Waals surface area contributed by atoms with Crippen molar-refractivity contribution in [1.82, 2.24) is 9.88 Å². The van der Waals surface area contributed by atoms with Crippen molar-refractivity contribution >= 4 is 11.3 Å². The summed E-state index contributed by atoms with van der Waals surface area (Å²) >= 11 is 0.697. The summed E-state index contributed by atoms with van der Waals surface area (Å²) in [4.78, 5) is 6.12. The van der Waals surface area contributed by atoms with Gasteiger partial charge in [0.25, 0.3) is 0 Å². The molecule has 0 fully saturated rings. The van der Waals surface area contributed by atoms with Gasteiger partial charge in [0, 0.05) is 37.3 Å². The Bertz CT molecular complexity index is 569. The van der Waals surface area contributed by atoms with Crippen LogP contribution in [0.1, 0.15) is 15.4 Å². The maximum Gasteiger partial charge on any atom is 0.443 e. The molecule has 2 rings (SSSR count). The number of rotatable bonds is 7. The molecule has 0 aliphatic carbocycles. The fourth-order valence-electron chi connectivity index (χ4n) is 2.12. The Morgan fingerprint density at radius 2 is 1.86 bits per heavy atom. The molecule has 120 valence electrons. The molecule has 0 aliphatic rings. The number of thiazole rings is 1. The molecule has 0 radical (unpaired) electrons. The van der Waals surface area contributed by atoms with E-state index >= 15 is 0 Å². The van der Waals surface area contributed by atoms with Crippen LogP contribution in [0, 0.1) is 0 Å². The number of aromatic nitrogens is 1. The van der Waals surface area contributed by atoms with E-state index in [1.165, 1.54) is 11.8 Å². The maximum absolute atomic E-state index is 12.6. The predicted molar refractivity (Wildman–Crippen MR) is 81.6 cm³/mol. The fourth-order valence-corrected chi connectivity index (χ4v) is 2.94. The highest BCUT2D eigenvalue weighted by Crippen LogP contribution is 2.32. The van der Waals surface area contributed by atoms with Gasteiger partial charge in [0.1, 0.15) is 0 Å². The molecule has 22 heavy (non-hydrogen) atoms. The molecule has 1 aromatic heterocycles. The number of nitrogens with two attached hydrogens (primary N) is 1. The molecule has 0 saturated carbocycles. The minimum absolute atomic E-state index is 0.442. The summed E-state index contributed by atoms with van der Waals surface area (Å²) in [5, 5.41) is -0.793. The lowest BCUT2D eigenvalue weighted by molar-refractivity contribution is -0.137. The van der Waals surface area contributed by atoms with Gasteiger partial charge in [0.2, 0.25) is 0 Å². The van der Waals surface area contributed by atoms with E-state index in [9.17, 15) is 13.2 Å². The average molecular weight is 329 g/mol. The number of hydrogen-bond donors (Lipinski definition) is 1. The van der Waals surface area contributed by atoms with Gasteiger partial charge in [-0.1, -0.05) is 30.3 Å². The Balaban J connectivity index is 1.95. The van der Waals surface area contributed by atoms with Crippen molar-refractivity contribution in [2.45, 2.75) is 19.1 Å². The number of halogens is 3. The van der Waals surface area contributed by atoms with Gasteiger partial charge in [-0.3, -0.25) is 4.90 Å². The van der Waals surface area contributed by atoms with Crippen LogP contribution in [0.25, 0.3) is 0 Å². The Kier molecular flexibility index (Phi) is 5.93. The Hall–Kier alpha value is -1.44. The molecule has 0 spiro atoms. The van der Waals surface area contributed by atoms with Gasteiger partial charge >= 0.3 is 6.18 Å². The van der Waals surface area contributed by atoms with Crippen LogP contribution < -0.4 is 5.73 Å². The van der Waals surface area contributed by atoms with Crippen LogP contribution in [0.3, 0.4) is 0 Å². The second-order valence-corrected chi connectivity index (χ2v) is 6.05. The SMILES string of the molecule is NCCN(CCc1ccccc1)Cc1cnc(C(F)(F)F)s1. The van der Waals surface area contributed by atoms with Crippen LogP contribution in [0.2, 0.25) is 0 Å². The highest BCUT2D eigenvalue weighted by atomic mass is 32.1. The van der Waals surface area contributed by atoms with Gasteiger partial charge < -0.3 is 5.73 Å². The second-order valence-electron chi connectivity index (χ2n) is 4.93. The second kappa shape index (κ2) is 7.71. The minimum atomic E-state index is -4.37. The molecule has 0 atom stereocenters. The lowest BCUT2D eigenvalue weighted by Gasteiger charge is -2.20. The Morgan fingerprint density at radius 3 is 2.45 bits per heavy atom. The maximum atomic E-state index is 12.6. The van der Waals surface area contributed by atoms with Gasteiger partial charge in [-0.25, -0.2) is 4.98 Å². The number of benzene rings is 1. The summed E-state index contributed by atoms with van der Waals surface area (Å²) < 4.78 is 37.7. The molecule has 2 N–H and O–H groups in total. The highest BCUT2D eigenvalue weighted by molar-refractivity contribution is 7.11. The topological polar surface area (TPSA) is 42.1 Å². The average Bonchev–Trinajstić information content (AvgIpc) is 2.95. The van der Waals surface area contributed by atoms with Crippen molar-refractivity contribution in [3.63, 3.8) is 0 Å². The first-order valence-electron chi connectivity index (χ1n) is 6.97. The molecule has 3 nitrogen and oxygen atoms in total. The highest BCUT2D eigenvalue weighted by Gasteiger charge is 2.34. The molecule has 0 aliphatic heterocycles. The van der Waals surface area contributed by atoms with Gasteiger partial charge in [-0.15, -0.1) is 11.3 Å². The van der Waals surface area contributed by atoms with Crippen molar-refractivity contribution in [3.8, 4) is 0 Å². The predicted octanol–water partition coefficient (Wildman–Crippen LogP) is 3.17. The van der Waals surface area contributed by atoms with E-state index in [2.05, 4.69) is 9.88 Å². The van der Waals surface area contributed by atoms with E-state index < -0.39 is 11.2 Å². The molecule has 1 heterocycles. The zero-order valence-electron chi connectivity index (χ0n) is 12.0. The first-order chi connectivity index (χ1) is 10.5. The van der Waals surface area contributed by atoms with E-state index in [0.29, 0.717) is 35.8 Å². The van der Waals surface area contributed by atoms with E-state index in [0.717, 1.165) is 13.0 Å². The molecular weight excluding hydrogens is 311 g/mol. The van der Waals surface area contributed by atoms with Gasteiger partial charge in [0.15, 0.2) is 5.01 Å². The van der Waals surface area contributed by atoms with Gasteiger partial charge in [-0.2, -0.15) is 13.2 Å². The first-order valence-corrected chi connectivity index (χ1v) is 7.79. The molecular formula is C15H18F3N3S. The van der Waals surface area contributed by atoms with E-state index in [4.69, 9.17) is 5.73 Å². The van der Waals surface area contributed by atoms with Crippen molar-refractivity contribution in [3.05, 3.63) is 52.0 Å². The molecule has 2 aromatic rings. The summed E-state index contributed by atoms with van der Waals surface area (Å²) in [6, 6.07) is 9.98. The van der Waals surface area contributed by atoms with Crippen LogP contribution >= 0.6 is 11.3 Å². The third kappa shape index (κ3) is 5.08. The van der Waals surface area contributed by atoms with Crippen molar-refractivity contribution < 1.29 is 13.2 Å². The molecule has 0 bridgehead atoms. The third-order valence-corrected chi connectivity index (χ3v) is 4.21. The lowest BCUT2D eigenvalue weighted by atomic mass is 10.1. The zero-order chi connectivity index (χ0) is 16.0. The number of nitrogens with zero attached hydrogens (tertiary/aromatic N) is 2. The lowest BCUT2D eigenvalue weighted by Crippen LogP contribution is -2.30. The van der Waals surface area contributed by atoms with Gasteiger partial charge in [-0.05, 0) is 12.0 Å². The smallest absolute Gasteiger partial charge is 0.329 e. The first kappa shape index (κ1) is 16.9. The van der Waals surface area contributed by atoms with Gasteiger partial charge in [0.05, 0.1) is 0 Å². The van der Waals surface area contributed by atoms with E-state index in [1.54, 1.807) is 0 Å². The third-order valence-electron chi connectivity index (χ3n) is 3.18. The van der Waals surface area contributed by atoms with E-state index in [-0.39, 0.29) is 0 Å². The summed E-state index contributed by atoms with van der Waals surface area (Å²) in [6.45, 7) is 2.31. The summed E-state index contributed by atoms with van der Waals surface area (Å²) in [6.07, 6.45) is -2.23. The molecule has 0 amide bonds. The Labute approximate surface area is 131 Å². The summed E-state index contributed by atoms with van der Waals surface area (Å²) in [5.74, 6) is 0. The quantitative estimate of drug-likeness (QED) is 0.848. The van der Waals surface area contributed by atoms with E-state index in [1.807, 2.05) is 30.3 Å². The largest absolute Gasteiger partial charge is 0.443 e. The molecule has 0 saturated heterocycles. The molecule has 7 heteroatoms. The van der Waals surface area contributed by atoms with Crippen LogP contribution in [0.15, 0.2) is 36.5 Å².